The summed E-state index contributed by atoms with van der Waals surface area (Å²) in [5.74, 6) is -1.59. The number of unbranched alkanes of at least 4 members (excludes halogenated alkanes) is 5. The maximum absolute atomic E-state index is 12.5. The molecule has 0 saturated carbocycles. The number of nitrogens with zero attached hydrogens (tertiary/aromatic N) is 1. The van der Waals surface area contributed by atoms with Crippen LogP contribution in [0.5, 0.6) is 0 Å². The number of carbonyl (C=O) groups is 3. The van der Waals surface area contributed by atoms with Gasteiger partial charge in [-0.1, -0.05) is 94.6 Å². The van der Waals surface area contributed by atoms with E-state index >= 15 is 0 Å². The predicted octanol–water partition coefficient (Wildman–Crippen LogP) is 7.34. The SMILES string of the molecule is CC/C=C\C/C=C\C/C=C\C/C=C\CCC(=O)OC(COCCC(C(=O)O)[N+](C)(C)C)COC(=O)CCCCCCCC. The van der Waals surface area contributed by atoms with Crippen molar-refractivity contribution in [3.05, 3.63) is 48.6 Å². The maximum Gasteiger partial charge on any atom is 0.362 e. The van der Waals surface area contributed by atoms with Gasteiger partial charge in [-0.2, -0.15) is 0 Å². The van der Waals surface area contributed by atoms with Crippen LogP contribution < -0.4 is 0 Å². The van der Waals surface area contributed by atoms with Crippen molar-refractivity contribution >= 4 is 17.9 Å². The van der Waals surface area contributed by atoms with Crippen molar-refractivity contribution in [3.63, 3.8) is 0 Å². The highest BCUT2D eigenvalue weighted by atomic mass is 16.6. The number of likely N-dealkylation sites (N-methyl/N-ethyl adjacent to an activating group) is 1. The first-order chi connectivity index (χ1) is 20.6. The Kier molecular flexibility index (Phi) is 25.2. The fraction of sp³-hybridized carbons (Fsp3) is 0.686. The highest BCUT2D eigenvalue weighted by molar-refractivity contribution is 5.72. The summed E-state index contributed by atoms with van der Waals surface area (Å²) in [6.07, 6.45) is 27.7. The summed E-state index contributed by atoms with van der Waals surface area (Å²) in [4.78, 5) is 36.4. The third-order valence-corrected chi connectivity index (χ3v) is 6.76. The smallest absolute Gasteiger partial charge is 0.362 e. The van der Waals surface area contributed by atoms with Crippen molar-refractivity contribution in [2.45, 2.75) is 116 Å². The van der Waals surface area contributed by atoms with E-state index in [1.54, 1.807) is 0 Å². The molecular formula is C35H60NO7+. The molecule has 0 rings (SSSR count). The first kappa shape index (κ1) is 40.3. The second-order valence-electron chi connectivity index (χ2n) is 11.7. The number of ether oxygens (including phenoxy) is 3. The molecule has 0 fully saturated rings. The molecule has 1 N–H and O–H groups in total. The molecule has 0 heterocycles. The van der Waals surface area contributed by atoms with Gasteiger partial charge in [-0.15, -0.1) is 0 Å². The summed E-state index contributed by atoms with van der Waals surface area (Å²) in [6, 6.07) is -0.623. The average molecular weight is 607 g/mol. The number of allylic oxidation sites excluding steroid dienone is 8. The van der Waals surface area contributed by atoms with Gasteiger partial charge in [0.05, 0.1) is 34.4 Å². The fourth-order valence-electron chi connectivity index (χ4n) is 4.22. The minimum Gasteiger partial charge on any atom is -0.477 e. The number of carbonyl (C=O) groups excluding carboxylic acids is 2. The summed E-state index contributed by atoms with van der Waals surface area (Å²) in [5, 5.41) is 9.52. The molecule has 2 atom stereocenters. The Morgan fingerprint density at radius 3 is 1.88 bits per heavy atom. The Morgan fingerprint density at radius 2 is 1.30 bits per heavy atom. The van der Waals surface area contributed by atoms with E-state index in [0.717, 1.165) is 44.9 Å². The Bertz CT molecular complexity index is 855. The quantitative estimate of drug-likeness (QED) is 0.0452. The molecule has 0 radical (unpaired) electrons. The van der Waals surface area contributed by atoms with Crippen molar-refractivity contribution < 1.29 is 38.2 Å². The van der Waals surface area contributed by atoms with E-state index in [1.807, 2.05) is 33.3 Å². The van der Waals surface area contributed by atoms with Gasteiger partial charge in [-0.3, -0.25) is 9.59 Å². The van der Waals surface area contributed by atoms with Crippen LogP contribution in [0.2, 0.25) is 0 Å². The lowest BCUT2D eigenvalue weighted by molar-refractivity contribution is -0.887. The van der Waals surface area contributed by atoms with Crippen LogP contribution in [0.3, 0.4) is 0 Å². The van der Waals surface area contributed by atoms with E-state index in [9.17, 15) is 19.5 Å². The molecule has 43 heavy (non-hydrogen) atoms. The highest BCUT2D eigenvalue weighted by Crippen LogP contribution is 2.11. The summed E-state index contributed by atoms with van der Waals surface area (Å²) in [5.41, 5.74) is 0. The molecular weight excluding hydrogens is 546 g/mol. The standard InChI is InChI=1S/C35H59NO7/c1-6-8-10-12-14-15-16-17-18-19-20-22-24-26-34(38)43-31(29-41-28-27-32(35(39)40)36(3,4)5)30-42-33(37)25-23-21-13-11-9-7-2/h8,10,14-15,17-18,20,22,31-32H,6-7,9,11-13,16,19,21,23-30H2,1-5H3/p+1/b10-8-,15-14-,18-17-,22-20-. The molecule has 0 spiro atoms. The van der Waals surface area contributed by atoms with Crippen LogP contribution in [-0.2, 0) is 28.6 Å². The molecule has 0 saturated heterocycles. The van der Waals surface area contributed by atoms with Gasteiger partial charge in [-0.05, 0) is 38.5 Å². The van der Waals surface area contributed by atoms with Gasteiger partial charge in [0.25, 0.3) is 0 Å². The van der Waals surface area contributed by atoms with Crippen molar-refractivity contribution in [3.8, 4) is 0 Å². The van der Waals surface area contributed by atoms with Crippen molar-refractivity contribution in [1.29, 1.82) is 0 Å². The normalized spacial score (nSPS) is 13.8. The number of carboxylic acid groups (broad SMARTS) is 1. The second kappa shape index (κ2) is 26.9. The van der Waals surface area contributed by atoms with Crippen molar-refractivity contribution in [2.24, 2.45) is 0 Å². The van der Waals surface area contributed by atoms with E-state index in [2.05, 4.69) is 50.3 Å². The molecule has 0 aliphatic heterocycles. The molecule has 0 aromatic carbocycles. The summed E-state index contributed by atoms with van der Waals surface area (Å²) >= 11 is 0. The molecule has 0 aliphatic rings. The summed E-state index contributed by atoms with van der Waals surface area (Å²) in [7, 11) is 5.47. The number of hydrogen-bond donors (Lipinski definition) is 1. The van der Waals surface area contributed by atoms with Gasteiger partial charge in [-0.25, -0.2) is 4.79 Å². The molecule has 0 aromatic heterocycles. The number of hydrogen-bond acceptors (Lipinski definition) is 6. The van der Waals surface area contributed by atoms with Gasteiger partial charge in [0.15, 0.2) is 12.1 Å². The van der Waals surface area contributed by atoms with Crippen molar-refractivity contribution in [2.75, 3.05) is 41.0 Å². The van der Waals surface area contributed by atoms with E-state index in [4.69, 9.17) is 14.2 Å². The van der Waals surface area contributed by atoms with Crippen LogP contribution in [0.25, 0.3) is 0 Å². The van der Waals surface area contributed by atoms with Gasteiger partial charge < -0.3 is 23.8 Å². The number of carboxylic acids is 1. The number of rotatable bonds is 27. The van der Waals surface area contributed by atoms with Crippen LogP contribution in [0, 0.1) is 0 Å². The summed E-state index contributed by atoms with van der Waals surface area (Å²) in [6.45, 7) is 4.43. The van der Waals surface area contributed by atoms with Crippen LogP contribution in [0.4, 0.5) is 0 Å². The van der Waals surface area contributed by atoms with Gasteiger partial charge in [0.2, 0.25) is 0 Å². The van der Waals surface area contributed by atoms with Crippen LogP contribution >= 0.6 is 0 Å². The van der Waals surface area contributed by atoms with E-state index in [-0.39, 0.29) is 36.7 Å². The number of esters is 2. The van der Waals surface area contributed by atoms with E-state index in [0.29, 0.717) is 19.3 Å². The predicted molar refractivity (Wildman–Crippen MR) is 174 cm³/mol. The minimum absolute atomic E-state index is 0.0312. The molecule has 246 valence electrons. The van der Waals surface area contributed by atoms with Crippen LogP contribution in [0.1, 0.15) is 104 Å². The molecule has 0 amide bonds. The molecule has 0 aromatic rings. The molecule has 8 nitrogen and oxygen atoms in total. The topological polar surface area (TPSA) is 99.1 Å². The molecule has 0 bridgehead atoms. The molecule has 0 aliphatic carbocycles. The number of quaternary nitrogens is 1. The highest BCUT2D eigenvalue weighted by Gasteiger charge is 2.31. The number of aliphatic carboxylic acids is 1. The Labute approximate surface area is 261 Å². The second-order valence-corrected chi connectivity index (χ2v) is 11.7. The Balaban J connectivity index is 4.62. The first-order valence-corrected chi connectivity index (χ1v) is 16.2. The Hall–Kier alpha value is -2.71. The van der Waals surface area contributed by atoms with E-state index < -0.39 is 24.1 Å². The molecule has 2 unspecified atom stereocenters. The summed E-state index contributed by atoms with van der Waals surface area (Å²) < 4.78 is 16.9. The van der Waals surface area contributed by atoms with E-state index in [1.165, 1.54) is 19.3 Å². The zero-order chi connectivity index (χ0) is 32.2. The lowest BCUT2D eigenvalue weighted by Crippen LogP contribution is -2.50. The largest absolute Gasteiger partial charge is 0.477 e. The lowest BCUT2D eigenvalue weighted by Gasteiger charge is -2.31. The third-order valence-electron chi connectivity index (χ3n) is 6.76. The zero-order valence-electron chi connectivity index (χ0n) is 27.6. The van der Waals surface area contributed by atoms with Gasteiger partial charge in [0, 0.05) is 19.3 Å². The zero-order valence-corrected chi connectivity index (χ0v) is 27.6. The lowest BCUT2D eigenvalue weighted by atomic mass is 10.1. The van der Waals surface area contributed by atoms with Crippen LogP contribution in [0.15, 0.2) is 48.6 Å². The minimum atomic E-state index is -0.890. The van der Waals surface area contributed by atoms with Gasteiger partial charge >= 0.3 is 17.9 Å². The monoisotopic (exact) mass is 606 g/mol. The Morgan fingerprint density at radius 1 is 0.721 bits per heavy atom. The molecule has 8 heteroatoms. The van der Waals surface area contributed by atoms with Gasteiger partial charge in [0.1, 0.15) is 6.61 Å². The fourth-order valence-corrected chi connectivity index (χ4v) is 4.22. The average Bonchev–Trinajstić information content (AvgIpc) is 2.94. The third kappa shape index (κ3) is 25.5. The van der Waals surface area contributed by atoms with Crippen LogP contribution in [-0.4, -0.2) is 80.6 Å². The maximum atomic E-state index is 12.5. The van der Waals surface area contributed by atoms with Crippen molar-refractivity contribution in [1.82, 2.24) is 0 Å². The first-order valence-electron chi connectivity index (χ1n) is 16.2.